The molecular formula is C17H24N2O3. The predicted octanol–water partition coefficient (Wildman–Crippen LogP) is 2.86. The Morgan fingerprint density at radius 1 is 1.32 bits per heavy atom. The number of carbonyl (C=O) groups excluding carboxylic acids is 1. The number of benzene rings is 1. The normalized spacial score (nSPS) is 24.5. The molecule has 22 heavy (non-hydrogen) atoms. The van der Waals surface area contributed by atoms with Gasteiger partial charge in [-0.05, 0) is 52.3 Å². The summed E-state index contributed by atoms with van der Waals surface area (Å²) in [5, 5.41) is 3.04. The van der Waals surface area contributed by atoms with Crippen molar-refractivity contribution in [1.29, 1.82) is 0 Å². The first-order valence-corrected chi connectivity index (χ1v) is 7.93. The standard InChI is InChI=1S/C17H24N2O3/c1-12(2)19-8-4-7-17(3,10-19)16(20)18-13-5-6-14-15(9-13)22-11-21-14/h5-6,9,12H,4,7-8,10-11H2,1-3H3,(H,18,20). The molecule has 1 amide bonds. The first kappa shape index (κ1) is 15.2. The van der Waals surface area contributed by atoms with Gasteiger partial charge in [0.25, 0.3) is 0 Å². The molecule has 0 saturated carbocycles. The summed E-state index contributed by atoms with van der Waals surface area (Å²) in [6.45, 7) is 8.55. The number of fused-ring (bicyclic) bond motifs is 1. The van der Waals surface area contributed by atoms with E-state index in [4.69, 9.17) is 9.47 Å². The quantitative estimate of drug-likeness (QED) is 0.933. The minimum absolute atomic E-state index is 0.0803. The van der Waals surface area contributed by atoms with E-state index in [1.807, 2.05) is 18.2 Å². The van der Waals surface area contributed by atoms with Gasteiger partial charge in [-0.15, -0.1) is 0 Å². The molecule has 0 aliphatic carbocycles. The lowest BCUT2D eigenvalue weighted by Gasteiger charge is -2.41. The van der Waals surface area contributed by atoms with E-state index >= 15 is 0 Å². The molecule has 0 radical (unpaired) electrons. The summed E-state index contributed by atoms with van der Waals surface area (Å²) in [4.78, 5) is 15.1. The molecule has 2 heterocycles. The number of anilines is 1. The number of rotatable bonds is 3. The third-order valence-electron chi connectivity index (χ3n) is 4.63. The van der Waals surface area contributed by atoms with Gasteiger partial charge in [-0.3, -0.25) is 9.69 Å². The van der Waals surface area contributed by atoms with E-state index in [2.05, 4.69) is 31.0 Å². The molecule has 3 rings (SSSR count). The minimum atomic E-state index is -0.348. The van der Waals surface area contributed by atoms with Gasteiger partial charge < -0.3 is 14.8 Å². The molecule has 5 heteroatoms. The number of ether oxygens (including phenoxy) is 2. The molecule has 1 atom stereocenters. The van der Waals surface area contributed by atoms with Crippen LogP contribution in [0.3, 0.4) is 0 Å². The van der Waals surface area contributed by atoms with Crippen molar-refractivity contribution in [2.24, 2.45) is 5.41 Å². The van der Waals surface area contributed by atoms with Gasteiger partial charge in [0.1, 0.15) is 0 Å². The van der Waals surface area contributed by atoms with E-state index in [0.717, 1.165) is 37.4 Å². The monoisotopic (exact) mass is 304 g/mol. The van der Waals surface area contributed by atoms with Gasteiger partial charge in [0.15, 0.2) is 11.5 Å². The second kappa shape index (κ2) is 5.80. The summed E-state index contributed by atoms with van der Waals surface area (Å²) in [7, 11) is 0. The second-order valence-electron chi connectivity index (χ2n) is 6.75. The van der Waals surface area contributed by atoms with Gasteiger partial charge in [0.2, 0.25) is 12.7 Å². The molecule has 1 fully saturated rings. The molecule has 0 bridgehead atoms. The molecule has 1 aromatic rings. The number of likely N-dealkylation sites (tertiary alicyclic amines) is 1. The van der Waals surface area contributed by atoms with Crippen molar-refractivity contribution in [2.75, 3.05) is 25.2 Å². The van der Waals surface area contributed by atoms with Crippen molar-refractivity contribution in [1.82, 2.24) is 4.90 Å². The molecule has 0 aromatic heterocycles. The van der Waals surface area contributed by atoms with Crippen LogP contribution in [0, 0.1) is 5.41 Å². The highest BCUT2D eigenvalue weighted by Gasteiger charge is 2.38. The SMILES string of the molecule is CC(C)N1CCCC(C)(C(=O)Nc2ccc3c(c2)OCO3)C1. The molecule has 1 N–H and O–H groups in total. The lowest BCUT2D eigenvalue weighted by molar-refractivity contribution is -0.128. The maximum absolute atomic E-state index is 12.7. The smallest absolute Gasteiger partial charge is 0.231 e. The average Bonchev–Trinajstić information content (AvgIpc) is 2.94. The topological polar surface area (TPSA) is 50.8 Å². The third-order valence-corrected chi connectivity index (χ3v) is 4.63. The van der Waals surface area contributed by atoms with Crippen LogP contribution in [0.5, 0.6) is 11.5 Å². The number of amides is 1. The van der Waals surface area contributed by atoms with Crippen LogP contribution >= 0.6 is 0 Å². The lowest BCUT2D eigenvalue weighted by Crippen LogP contribution is -2.50. The van der Waals surface area contributed by atoms with Gasteiger partial charge >= 0.3 is 0 Å². The molecule has 120 valence electrons. The third kappa shape index (κ3) is 2.90. The van der Waals surface area contributed by atoms with E-state index in [1.165, 1.54) is 0 Å². The maximum atomic E-state index is 12.7. The van der Waals surface area contributed by atoms with Crippen molar-refractivity contribution in [3.05, 3.63) is 18.2 Å². The number of nitrogens with zero attached hydrogens (tertiary/aromatic N) is 1. The van der Waals surface area contributed by atoms with Gasteiger partial charge in [0, 0.05) is 24.3 Å². The molecule has 1 unspecified atom stereocenters. The average molecular weight is 304 g/mol. The van der Waals surface area contributed by atoms with E-state index < -0.39 is 0 Å². The molecule has 0 spiro atoms. The van der Waals surface area contributed by atoms with Crippen LogP contribution in [0.2, 0.25) is 0 Å². The Hall–Kier alpha value is -1.75. The van der Waals surface area contributed by atoms with Crippen LogP contribution < -0.4 is 14.8 Å². The zero-order valence-electron chi connectivity index (χ0n) is 13.5. The number of carbonyl (C=O) groups is 1. The molecule has 1 aromatic carbocycles. The fourth-order valence-electron chi connectivity index (χ4n) is 3.16. The summed E-state index contributed by atoms with van der Waals surface area (Å²) in [6.07, 6.45) is 1.98. The number of nitrogens with one attached hydrogen (secondary N) is 1. The Labute approximate surface area is 131 Å². The highest BCUT2D eigenvalue weighted by Crippen LogP contribution is 2.36. The fourth-order valence-corrected chi connectivity index (χ4v) is 3.16. The Kier molecular flexibility index (Phi) is 4.00. The zero-order valence-corrected chi connectivity index (χ0v) is 13.5. The van der Waals surface area contributed by atoms with Crippen molar-refractivity contribution in [2.45, 2.75) is 39.7 Å². The van der Waals surface area contributed by atoms with Crippen LogP contribution in [-0.4, -0.2) is 36.7 Å². The summed E-state index contributed by atoms with van der Waals surface area (Å²) in [5.74, 6) is 1.50. The van der Waals surface area contributed by atoms with Gasteiger partial charge in [-0.1, -0.05) is 0 Å². The second-order valence-corrected chi connectivity index (χ2v) is 6.75. The summed E-state index contributed by atoms with van der Waals surface area (Å²) >= 11 is 0. The Morgan fingerprint density at radius 3 is 2.86 bits per heavy atom. The summed E-state index contributed by atoms with van der Waals surface area (Å²) in [5.41, 5.74) is 0.413. The van der Waals surface area contributed by atoms with E-state index in [1.54, 1.807) is 0 Å². The fraction of sp³-hybridized carbons (Fsp3) is 0.588. The highest BCUT2D eigenvalue weighted by atomic mass is 16.7. The van der Waals surface area contributed by atoms with Crippen molar-refractivity contribution in [3.8, 4) is 11.5 Å². The maximum Gasteiger partial charge on any atom is 0.231 e. The van der Waals surface area contributed by atoms with Crippen molar-refractivity contribution in [3.63, 3.8) is 0 Å². The first-order chi connectivity index (χ1) is 10.5. The van der Waals surface area contributed by atoms with Gasteiger partial charge in [0.05, 0.1) is 5.41 Å². The van der Waals surface area contributed by atoms with Crippen LogP contribution in [0.1, 0.15) is 33.6 Å². The Morgan fingerprint density at radius 2 is 2.09 bits per heavy atom. The first-order valence-electron chi connectivity index (χ1n) is 7.93. The lowest BCUT2D eigenvalue weighted by atomic mass is 9.80. The molecule has 2 aliphatic rings. The number of piperidine rings is 1. The van der Waals surface area contributed by atoms with Gasteiger partial charge in [-0.25, -0.2) is 0 Å². The van der Waals surface area contributed by atoms with Crippen LogP contribution in [-0.2, 0) is 4.79 Å². The zero-order chi connectivity index (χ0) is 15.7. The van der Waals surface area contributed by atoms with E-state index in [0.29, 0.717) is 11.8 Å². The Balaban J connectivity index is 1.70. The van der Waals surface area contributed by atoms with Crippen molar-refractivity contribution < 1.29 is 14.3 Å². The summed E-state index contributed by atoms with van der Waals surface area (Å²) in [6, 6.07) is 5.99. The predicted molar refractivity (Wildman–Crippen MR) is 85.2 cm³/mol. The minimum Gasteiger partial charge on any atom is -0.454 e. The van der Waals surface area contributed by atoms with Crippen LogP contribution in [0.4, 0.5) is 5.69 Å². The van der Waals surface area contributed by atoms with Crippen LogP contribution in [0.15, 0.2) is 18.2 Å². The molecule has 1 saturated heterocycles. The molecular weight excluding hydrogens is 280 g/mol. The number of hydrogen-bond acceptors (Lipinski definition) is 4. The van der Waals surface area contributed by atoms with E-state index in [9.17, 15) is 4.79 Å². The van der Waals surface area contributed by atoms with E-state index in [-0.39, 0.29) is 18.1 Å². The van der Waals surface area contributed by atoms with Crippen LogP contribution in [0.25, 0.3) is 0 Å². The number of hydrogen-bond donors (Lipinski definition) is 1. The summed E-state index contributed by atoms with van der Waals surface area (Å²) < 4.78 is 10.7. The molecule has 2 aliphatic heterocycles. The van der Waals surface area contributed by atoms with Crippen molar-refractivity contribution >= 4 is 11.6 Å². The van der Waals surface area contributed by atoms with Gasteiger partial charge in [-0.2, -0.15) is 0 Å². The molecule has 5 nitrogen and oxygen atoms in total. The largest absolute Gasteiger partial charge is 0.454 e. The highest BCUT2D eigenvalue weighted by molar-refractivity contribution is 5.95. The Bertz CT molecular complexity index is 573.